The van der Waals surface area contributed by atoms with Gasteiger partial charge in [-0.05, 0) is 55.8 Å². The number of hydrogen-bond donors (Lipinski definition) is 1. The SMILES string of the molecule is CCOc1ccc(S(=O)(=O)Nc2ccc(Cl)cc2C(=O)c2ccccc2)cc1C. The van der Waals surface area contributed by atoms with Crippen molar-refractivity contribution < 1.29 is 17.9 Å². The summed E-state index contributed by atoms with van der Waals surface area (Å²) in [6, 6.07) is 17.7. The van der Waals surface area contributed by atoms with Gasteiger partial charge in [-0.2, -0.15) is 0 Å². The maximum absolute atomic E-state index is 12.9. The average molecular weight is 430 g/mol. The molecule has 0 radical (unpaired) electrons. The number of sulfonamides is 1. The molecule has 0 aliphatic rings. The maximum Gasteiger partial charge on any atom is 0.261 e. The minimum Gasteiger partial charge on any atom is -0.494 e. The van der Waals surface area contributed by atoms with Crippen molar-refractivity contribution in [3.63, 3.8) is 0 Å². The van der Waals surface area contributed by atoms with Crippen LogP contribution in [0.25, 0.3) is 0 Å². The van der Waals surface area contributed by atoms with Gasteiger partial charge in [0, 0.05) is 16.1 Å². The molecule has 0 saturated carbocycles. The Morgan fingerprint density at radius 1 is 1.03 bits per heavy atom. The summed E-state index contributed by atoms with van der Waals surface area (Å²) in [4.78, 5) is 13.0. The summed E-state index contributed by atoms with van der Waals surface area (Å²) < 4.78 is 33.8. The van der Waals surface area contributed by atoms with Gasteiger partial charge in [-0.3, -0.25) is 9.52 Å². The maximum atomic E-state index is 12.9. The van der Waals surface area contributed by atoms with E-state index in [1.165, 1.54) is 30.3 Å². The Kier molecular flexibility index (Phi) is 6.25. The number of nitrogens with one attached hydrogen (secondary N) is 1. The highest BCUT2D eigenvalue weighted by atomic mass is 35.5. The molecule has 0 spiro atoms. The lowest BCUT2D eigenvalue weighted by Crippen LogP contribution is -2.16. The number of ketones is 1. The van der Waals surface area contributed by atoms with Crippen LogP contribution in [-0.2, 0) is 10.0 Å². The zero-order chi connectivity index (χ0) is 21.0. The first-order valence-corrected chi connectivity index (χ1v) is 10.8. The van der Waals surface area contributed by atoms with Crippen LogP contribution in [0.5, 0.6) is 5.75 Å². The zero-order valence-electron chi connectivity index (χ0n) is 16.0. The predicted molar refractivity (Wildman–Crippen MR) is 114 cm³/mol. The Balaban J connectivity index is 1.97. The van der Waals surface area contributed by atoms with E-state index in [9.17, 15) is 13.2 Å². The van der Waals surface area contributed by atoms with Crippen molar-refractivity contribution in [2.75, 3.05) is 11.3 Å². The minimum atomic E-state index is -3.92. The van der Waals surface area contributed by atoms with Crippen LogP contribution in [0, 0.1) is 6.92 Å². The van der Waals surface area contributed by atoms with Crippen LogP contribution in [0.3, 0.4) is 0 Å². The highest BCUT2D eigenvalue weighted by molar-refractivity contribution is 7.92. The molecule has 0 bridgehead atoms. The van der Waals surface area contributed by atoms with E-state index in [1.54, 1.807) is 43.3 Å². The van der Waals surface area contributed by atoms with Crippen LogP contribution < -0.4 is 9.46 Å². The number of hydrogen-bond acceptors (Lipinski definition) is 4. The van der Waals surface area contributed by atoms with Gasteiger partial charge in [-0.15, -0.1) is 0 Å². The van der Waals surface area contributed by atoms with E-state index in [-0.39, 0.29) is 21.9 Å². The second-order valence-electron chi connectivity index (χ2n) is 6.35. The lowest BCUT2D eigenvalue weighted by Gasteiger charge is -2.14. The van der Waals surface area contributed by atoms with E-state index in [0.29, 0.717) is 28.5 Å². The molecule has 5 nitrogen and oxygen atoms in total. The first-order chi connectivity index (χ1) is 13.8. The molecular weight excluding hydrogens is 410 g/mol. The van der Waals surface area contributed by atoms with Crippen LogP contribution >= 0.6 is 11.6 Å². The van der Waals surface area contributed by atoms with Crippen molar-refractivity contribution >= 4 is 33.1 Å². The number of benzene rings is 3. The second-order valence-corrected chi connectivity index (χ2v) is 8.47. The van der Waals surface area contributed by atoms with Gasteiger partial charge in [0.15, 0.2) is 5.78 Å². The lowest BCUT2D eigenvalue weighted by atomic mass is 10.0. The molecular formula is C22H20ClNO4S. The molecule has 3 aromatic rings. The Labute approximate surface area is 175 Å². The molecule has 7 heteroatoms. The highest BCUT2D eigenvalue weighted by Crippen LogP contribution is 2.28. The molecule has 150 valence electrons. The Bertz CT molecular complexity index is 1140. The Morgan fingerprint density at radius 2 is 1.76 bits per heavy atom. The first-order valence-electron chi connectivity index (χ1n) is 8.97. The van der Waals surface area contributed by atoms with E-state index in [4.69, 9.17) is 16.3 Å². The summed E-state index contributed by atoms with van der Waals surface area (Å²) in [5.41, 5.74) is 1.48. The van der Waals surface area contributed by atoms with E-state index in [2.05, 4.69) is 4.72 Å². The topological polar surface area (TPSA) is 72.5 Å². The normalized spacial score (nSPS) is 11.1. The Hall–Kier alpha value is -2.83. The van der Waals surface area contributed by atoms with Gasteiger partial charge in [-0.25, -0.2) is 8.42 Å². The third-order valence-electron chi connectivity index (χ3n) is 4.26. The quantitative estimate of drug-likeness (QED) is 0.531. The average Bonchev–Trinajstić information content (AvgIpc) is 2.71. The molecule has 0 amide bonds. The lowest BCUT2D eigenvalue weighted by molar-refractivity contribution is 0.103. The molecule has 0 unspecified atom stereocenters. The third kappa shape index (κ3) is 4.78. The molecule has 3 aromatic carbocycles. The van der Waals surface area contributed by atoms with Gasteiger partial charge < -0.3 is 4.74 Å². The summed E-state index contributed by atoms with van der Waals surface area (Å²) >= 11 is 6.06. The van der Waals surface area contributed by atoms with Gasteiger partial charge in [0.1, 0.15) is 5.75 Å². The fraction of sp³-hybridized carbons (Fsp3) is 0.136. The molecule has 0 atom stereocenters. The van der Waals surface area contributed by atoms with Crippen LogP contribution in [0.1, 0.15) is 28.4 Å². The number of halogens is 1. The molecule has 0 aliphatic carbocycles. The smallest absolute Gasteiger partial charge is 0.261 e. The minimum absolute atomic E-state index is 0.0755. The van der Waals surface area contributed by atoms with E-state index >= 15 is 0 Å². The van der Waals surface area contributed by atoms with Crippen molar-refractivity contribution in [3.05, 3.63) is 88.4 Å². The van der Waals surface area contributed by atoms with Gasteiger partial charge in [0.2, 0.25) is 0 Å². The fourth-order valence-electron chi connectivity index (χ4n) is 2.85. The molecule has 3 rings (SSSR count). The summed E-state index contributed by atoms with van der Waals surface area (Å²) in [6.45, 7) is 4.12. The zero-order valence-corrected chi connectivity index (χ0v) is 17.5. The van der Waals surface area contributed by atoms with Crippen LogP contribution in [0.15, 0.2) is 71.6 Å². The largest absolute Gasteiger partial charge is 0.494 e. The number of anilines is 1. The number of rotatable bonds is 7. The van der Waals surface area contributed by atoms with Gasteiger partial charge in [-0.1, -0.05) is 41.9 Å². The van der Waals surface area contributed by atoms with E-state index < -0.39 is 10.0 Å². The highest BCUT2D eigenvalue weighted by Gasteiger charge is 2.21. The number of ether oxygens (including phenoxy) is 1. The summed E-state index contributed by atoms with van der Waals surface area (Å²) in [5.74, 6) is 0.298. The molecule has 0 saturated heterocycles. The summed E-state index contributed by atoms with van der Waals surface area (Å²) in [5, 5.41) is 0.337. The van der Waals surface area contributed by atoms with Crippen molar-refractivity contribution in [1.82, 2.24) is 0 Å². The van der Waals surface area contributed by atoms with E-state index in [0.717, 1.165) is 0 Å². The van der Waals surface area contributed by atoms with Gasteiger partial charge in [0.25, 0.3) is 10.0 Å². The van der Waals surface area contributed by atoms with Crippen molar-refractivity contribution in [1.29, 1.82) is 0 Å². The van der Waals surface area contributed by atoms with Crippen molar-refractivity contribution in [3.8, 4) is 5.75 Å². The molecule has 29 heavy (non-hydrogen) atoms. The van der Waals surface area contributed by atoms with Crippen LogP contribution in [0.4, 0.5) is 5.69 Å². The van der Waals surface area contributed by atoms with Gasteiger partial charge >= 0.3 is 0 Å². The van der Waals surface area contributed by atoms with Crippen molar-refractivity contribution in [2.24, 2.45) is 0 Å². The van der Waals surface area contributed by atoms with Crippen LogP contribution in [-0.4, -0.2) is 20.8 Å². The van der Waals surface area contributed by atoms with E-state index in [1.807, 2.05) is 6.92 Å². The third-order valence-corrected chi connectivity index (χ3v) is 5.86. The summed E-state index contributed by atoms with van der Waals surface area (Å²) in [7, 11) is -3.92. The summed E-state index contributed by atoms with van der Waals surface area (Å²) in [6.07, 6.45) is 0. The fourth-order valence-corrected chi connectivity index (χ4v) is 4.19. The van der Waals surface area contributed by atoms with Gasteiger partial charge in [0.05, 0.1) is 17.2 Å². The first kappa shape index (κ1) is 20.9. The van der Waals surface area contributed by atoms with Crippen LogP contribution in [0.2, 0.25) is 5.02 Å². The second kappa shape index (κ2) is 8.68. The number of aryl methyl sites for hydroxylation is 1. The molecule has 0 aliphatic heterocycles. The number of carbonyl (C=O) groups excluding carboxylic acids is 1. The Morgan fingerprint density at radius 3 is 2.41 bits per heavy atom. The molecule has 0 aromatic heterocycles. The molecule has 0 fully saturated rings. The molecule has 1 N–H and O–H groups in total. The monoisotopic (exact) mass is 429 g/mol. The standard InChI is InChI=1S/C22H20ClNO4S/c1-3-28-21-12-10-18(13-15(21)2)29(26,27)24-20-11-9-17(23)14-19(20)22(25)16-7-5-4-6-8-16/h4-14,24H,3H2,1-2H3. The molecule has 0 heterocycles. The number of carbonyl (C=O) groups is 1. The predicted octanol–water partition coefficient (Wildman–Crippen LogP) is 5.08. The van der Waals surface area contributed by atoms with Crippen molar-refractivity contribution in [2.45, 2.75) is 18.7 Å².